The van der Waals surface area contributed by atoms with Crippen molar-refractivity contribution in [2.75, 3.05) is 0 Å². The van der Waals surface area contributed by atoms with Crippen molar-refractivity contribution in [1.29, 1.82) is 0 Å². The summed E-state index contributed by atoms with van der Waals surface area (Å²) in [6.45, 7) is 0. The van der Waals surface area contributed by atoms with Crippen LogP contribution < -0.4 is 11.5 Å². The molecule has 0 aliphatic heterocycles. The molecule has 82 valence electrons. The van der Waals surface area contributed by atoms with Gasteiger partial charge in [-0.3, -0.25) is 0 Å². The van der Waals surface area contributed by atoms with Gasteiger partial charge in [0.05, 0.1) is 0 Å². The van der Waals surface area contributed by atoms with Gasteiger partial charge in [-0.25, -0.2) is 0 Å². The van der Waals surface area contributed by atoms with Gasteiger partial charge in [-0.05, 0) is 19.3 Å². The number of hydrogen-bond donors (Lipinski definition) is 2. The molecule has 4 N–H and O–H groups in total. The van der Waals surface area contributed by atoms with Crippen LogP contribution in [0.25, 0.3) is 0 Å². The minimum atomic E-state index is -1.48. The number of halogens is 4. The van der Waals surface area contributed by atoms with E-state index in [-0.39, 0.29) is 21.1 Å². The van der Waals surface area contributed by atoms with Gasteiger partial charge in [-0.15, -0.1) is 0 Å². The number of alkyl halides is 4. The molecule has 7 heteroatoms. The Balaban J connectivity index is 0.00000144. The normalized spacial score (nSPS) is 43.8. The Kier molecular flexibility index (Phi) is 4.92. The fourth-order valence-electron chi connectivity index (χ4n) is 1.24. The molecule has 0 aromatic rings. The van der Waals surface area contributed by atoms with Crippen LogP contribution in [-0.2, 0) is 21.1 Å². The fourth-order valence-corrected chi connectivity index (χ4v) is 2.42. The van der Waals surface area contributed by atoms with Gasteiger partial charge in [-0.1, -0.05) is 46.4 Å². The first-order valence-corrected chi connectivity index (χ1v) is 5.05. The standard InChI is InChI=1S/C6H10Cl4N2.Pt/c7-4(8)2-1-3-5(9,11)6(4,10)12;/h1-3,11-12H2;. The molecular formula is C6H10Cl4N2Pt. The molecule has 1 saturated carbocycles. The Bertz CT molecular complexity index is 177. The van der Waals surface area contributed by atoms with Crippen LogP contribution in [0, 0.1) is 0 Å². The van der Waals surface area contributed by atoms with Crippen LogP contribution in [-0.4, -0.2) is 14.3 Å². The van der Waals surface area contributed by atoms with E-state index in [1.807, 2.05) is 0 Å². The van der Waals surface area contributed by atoms with E-state index >= 15 is 0 Å². The second kappa shape index (κ2) is 4.33. The molecule has 2 nitrogen and oxygen atoms in total. The Morgan fingerprint density at radius 3 is 1.69 bits per heavy atom. The third-order valence-corrected chi connectivity index (χ3v) is 4.58. The van der Waals surface area contributed by atoms with Crippen molar-refractivity contribution in [3.63, 3.8) is 0 Å². The Morgan fingerprint density at radius 1 is 0.923 bits per heavy atom. The van der Waals surface area contributed by atoms with E-state index in [1.54, 1.807) is 0 Å². The van der Waals surface area contributed by atoms with Crippen LogP contribution >= 0.6 is 46.4 Å². The van der Waals surface area contributed by atoms with E-state index in [2.05, 4.69) is 0 Å². The van der Waals surface area contributed by atoms with Crippen molar-refractivity contribution in [3.8, 4) is 0 Å². The Hall–Kier alpha value is 1.77. The maximum atomic E-state index is 5.91. The van der Waals surface area contributed by atoms with Crippen molar-refractivity contribution in [1.82, 2.24) is 0 Å². The largest absolute Gasteiger partial charge is 0.310 e. The second-order valence-electron chi connectivity index (χ2n) is 3.13. The summed E-state index contributed by atoms with van der Waals surface area (Å²) in [5.41, 5.74) is 11.3. The molecule has 1 aliphatic rings. The van der Waals surface area contributed by atoms with Gasteiger partial charge in [-0.2, -0.15) is 0 Å². The zero-order chi connectivity index (χ0) is 9.62. The summed E-state index contributed by atoms with van der Waals surface area (Å²) in [6, 6.07) is 0. The van der Waals surface area contributed by atoms with E-state index in [0.29, 0.717) is 12.8 Å². The van der Waals surface area contributed by atoms with Crippen molar-refractivity contribution < 1.29 is 21.1 Å². The third-order valence-electron chi connectivity index (χ3n) is 2.17. The minimum Gasteiger partial charge on any atom is -0.310 e. The summed E-state index contributed by atoms with van der Waals surface area (Å²) in [6.07, 6.45) is 1.73. The average molecular weight is 447 g/mol. The van der Waals surface area contributed by atoms with Crippen LogP contribution in [0.4, 0.5) is 0 Å². The van der Waals surface area contributed by atoms with E-state index in [1.165, 1.54) is 0 Å². The maximum Gasteiger partial charge on any atom is 0.156 e. The molecule has 0 aromatic heterocycles. The molecule has 2 atom stereocenters. The molecule has 1 rings (SSSR count). The van der Waals surface area contributed by atoms with E-state index < -0.39 is 14.3 Å². The monoisotopic (exact) mass is 445 g/mol. The molecular weight excluding hydrogens is 437 g/mol. The zero-order valence-corrected chi connectivity index (χ0v) is 11.9. The summed E-state index contributed by atoms with van der Waals surface area (Å²) < 4.78 is -1.26. The van der Waals surface area contributed by atoms with Gasteiger partial charge < -0.3 is 11.5 Å². The zero-order valence-electron chi connectivity index (χ0n) is 6.60. The molecule has 1 aliphatic carbocycles. The predicted molar refractivity (Wildman–Crippen MR) is 53.8 cm³/mol. The summed E-state index contributed by atoms with van der Waals surface area (Å²) >= 11 is 23.6. The van der Waals surface area contributed by atoms with Crippen molar-refractivity contribution >= 4 is 46.4 Å². The predicted octanol–water partition coefficient (Wildman–Crippen LogP) is 2.13. The van der Waals surface area contributed by atoms with Crippen LogP contribution in [0.3, 0.4) is 0 Å². The van der Waals surface area contributed by atoms with Crippen LogP contribution in [0.1, 0.15) is 19.3 Å². The number of rotatable bonds is 0. The summed E-state index contributed by atoms with van der Waals surface area (Å²) in [5, 5.41) is 0. The van der Waals surface area contributed by atoms with E-state index in [4.69, 9.17) is 57.9 Å². The molecule has 13 heavy (non-hydrogen) atoms. The van der Waals surface area contributed by atoms with Gasteiger partial charge in [0, 0.05) is 21.1 Å². The van der Waals surface area contributed by atoms with Gasteiger partial charge in [0.2, 0.25) is 0 Å². The Labute approximate surface area is 112 Å². The molecule has 0 amide bonds. The SMILES string of the molecule is NC1(Cl)CCCC(Cl)(Cl)C1(N)Cl.[Pt]. The molecule has 1 fully saturated rings. The summed E-state index contributed by atoms with van der Waals surface area (Å²) in [5.74, 6) is 0. The first-order valence-electron chi connectivity index (χ1n) is 3.54. The topological polar surface area (TPSA) is 52.0 Å². The second-order valence-corrected chi connectivity index (χ2v) is 5.89. The minimum absolute atomic E-state index is 0. The molecule has 0 saturated heterocycles. The van der Waals surface area contributed by atoms with Crippen LogP contribution in [0.15, 0.2) is 0 Å². The number of nitrogens with two attached hydrogens (primary N) is 2. The number of hydrogen-bond acceptors (Lipinski definition) is 2. The molecule has 0 bridgehead atoms. The van der Waals surface area contributed by atoms with Crippen LogP contribution in [0.2, 0.25) is 0 Å². The average Bonchev–Trinajstić information content (AvgIpc) is 1.83. The fraction of sp³-hybridized carbons (Fsp3) is 1.00. The van der Waals surface area contributed by atoms with Crippen molar-refractivity contribution in [3.05, 3.63) is 0 Å². The molecule has 0 spiro atoms. The smallest absolute Gasteiger partial charge is 0.156 e. The maximum absolute atomic E-state index is 5.91. The van der Waals surface area contributed by atoms with Gasteiger partial charge in [0.1, 0.15) is 5.00 Å². The van der Waals surface area contributed by atoms with Crippen molar-refractivity contribution in [2.45, 2.75) is 33.6 Å². The summed E-state index contributed by atoms with van der Waals surface area (Å²) in [7, 11) is 0. The van der Waals surface area contributed by atoms with Gasteiger partial charge >= 0.3 is 0 Å². The van der Waals surface area contributed by atoms with Crippen LogP contribution in [0.5, 0.6) is 0 Å². The quantitative estimate of drug-likeness (QED) is 0.442. The first kappa shape index (κ1) is 14.8. The van der Waals surface area contributed by atoms with Crippen molar-refractivity contribution in [2.24, 2.45) is 11.5 Å². The van der Waals surface area contributed by atoms with Gasteiger partial charge in [0.25, 0.3) is 0 Å². The molecule has 0 heterocycles. The Morgan fingerprint density at radius 2 is 1.38 bits per heavy atom. The molecule has 0 aromatic carbocycles. The third kappa shape index (κ3) is 2.47. The van der Waals surface area contributed by atoms with E-state index in [0.717, 1.165) is 6.42 Å². The first-order chi connectivity index (χ1) is 5.21. The summed E-state index contributed by atoms with van der Waals surface area (Å²) in [4.78, 5) is -2.72. The molecule has 2 unspecified atom stereocenters. The van der Waals surface area contributed by atoms with Gasteiger partial charge in [0.15, 0.2) is 9.33 Å². The van der Waals surface area contributed by atoms with E-state index in [9.17, 15) is 0 Å². The molecule has 0 radical (unpaired) electrons.